The third-order valence-electron chi connectivity index (χ3n) is 5.01. The van der Waals surface area contributed by atoms with Crippen molar-refractivity contribution in [1.82, 2.24) is 9.88 Å². The zero-order valence-corrected chi connectivity index (χ0v) is 13.8. The molecular weight excluding hydrogens is 304 g/mol. The second-order valence-electron chi connectivity index (χ2n) is 6.65. The second kappa shape index (κ2) is 7.47. The van der Waals surface area contributed by atoms with Crippen molar-refractivity contribution >= 4 is 0 Å². The summed E-state index contributed by atoms with van der Waals surface area (Å²) in [5.74, 6) is 1.04. The normalized spacial score (nSPS) is 27.2. The SMILES string of the molecule is c1coc(CN2CC[C@H]3O[C@H](COCc4ccncc4)CC[C@H]32)c1. The smallest absolute Gasteiger partial charge is 0.117 e. The maximum absolute atomic E-state index is 6.29. The van der Waals surface area contributed by atoms with Gasteiger partial charge in [0.2, 0.25) is 0 Å². The predicted molar refractivity (Wildman–Crippen MR) is 89.3 cm³/mol. The van der Waals surface area contributed by atoms with Crippen molar-refractivity contribution in [3.8, 4) is 0 Å². The minimum atomic E-state index is 0.219. The molecule has 5 nitrogen and oxygen atoms in total. The number of nitrogens with zero attached hydrogens (tertiary/aromatic N) is 2. The molecule has 0 amide bonds. The van der Waals surface area contributed by atoms with Gasteiger partial charge in [0, 0.05) is 25.0 Å². The molecule has 2 saturated heterocycles. The van der Waals surface area contributed by atoms with E-state index in [2.05, 4.69) is 9.88 Å². The molecule has 0 aliphatic carbocycles. The van der Waals surface area contributed by atoms with Gasteiger partial charge in [-0.25, -0.2) is 0 Å². The molecule has 0 spiro atoms. The lowest BCUT2D eigenvalue weighted by molar-refractivity contribution is -0.102. The fourth-order valence-corrected chi connectivity index (χ4v) is 3.79. The zero-order valence-electron chi connectivity index (χ0n) is 13.8. The number of likely N-dealkylation sites (tertiary alicyclic amines) is 1. The average molecular weight is 328 g/mol. The van der Waals surface area contributed by atoms with Crippen LogP contribution in [0.4, 0.5) is 0 Å². The van der Waals surface area contributed by atoms with Crippen molar-refractivity contribution in [2.75, 3.05) is 13.2 Å². The summed E-state index contributed by atoms with van der Waals surface area (Å²) in [5.41, 5.74) is 1.16. The van der Waals surface area contributed by atoms with E-state index in [-0.39, 0.29) is 6.10 Å². The van der Waals surface area contributed by atoms with Crippen molar-refractivity contribution in [3.63, 3.8) is 0 Å². The Kier molecular flexibility index (Phi) is 4.92. The van der Waals surface area contributed by atoms with Gasteiger partial charge < -0.3 is 13.9 Å². The fraction of sp³-hybridized carbons (Fsp3) is 0.526. The molecule has 0 saturated carbocycles. The Morgan fingerprint density at radius 1 is 1.17 bits per heavy atom. The summed E-state index contributed by atoms with van der Waals surface area (Å²) >= 11 is 0. The number of pyridine rings is 1. The third kappa shape index (κ3) is 3.69. The molecule has 128 valence electrons. The first kappa shape index (κ1) is 15.8. The fourth-order valence-electron chi connectivity index (χ4n) is 3.79. The molecule has 3 atom stereocenters. The van der Waals surface area contributed by atoms with E-state index in [9.17, 15) is 0 Å². The van der Waals surface area contributed by atoms with Crippen LogP contribution in [0.1, 0.15) is 30.6 Å². The summed E-state index contributed by atoms with van der Waals surface area (Å²) in [6.45, 7) is 3.27. The van der Waals surface area contributed by atoms with Gasteiger partial charge in [-0.15, -0.1) is 0 Å². The van der Waals surface area contributed by atoms with Gasteiger partial charge >= 0.3 is 0 Å². The van der Waals surface area contributed by atoms with E-state index in [1.165, 1.54) is 6.42 Å². The standard InChI is InChI=1S/C19H24N2O3/c1-2-16(23-11-1)12-21-10-7-19-18(21)4-3-17(24-19)14-22-13-15-5-8-20-9-6-15/h1-2,5-6,8-9,11,17-19H,3-4,7,10,12-14H2/t17-,18+,19+/m0/s1. The van der Waals surface area contributed by atoms with E-state index >= 15 is 0 Å². The van der Waals surface area contributed by atoms with Crippen LogP contribution in [0.5, 0.6) is 0 Å². The maximum Gasteiger partial charge on any atom is 0.117 e. The summed E-state index contributed by atoms with van der Waals surface area (Å²) in [7, 11) is 0. The topological polar surface area (TPSA) is 47.7 Å². The van der Waals surface area contributed by atoms with Gasteiger partial charge in [-0.3, -0.25) is 9.88 Å². The first-order valence-corrected chi connectivity index (χ1v) is 8.77. The maximum atomic E-state index is 6.29. The molecule has 0 bridgehead atoms. The number of hydrogen-bond acceptors (Lipinski definition) is 5. The highest BCUT2D eigenvalue weighted by atomic mass is 16.5. The molecule has 2 aromatic heterocycles. The molecule has 4 heterocycles. The molecule has 5 heteroatoms. The number of aromatic nitrogens is 1. The van der Waals surface area contributed by atoms with E-state index in [1.54, 1.807) is 18.7 Å². The van der Waals surface area contributed by atoms with Crippen LogP contribution in [0.2, 0.25) is 0 Å². The molecule has 2 fully saturated rings. The van der Waals surface area contributed by atoms with Gasteiger partial charge in [-0.2, -0.15) is 0 Å². The molecule has 4 rings (SSSR count). The Balaban J connectivity index is 1.23. The summed E-state index contributed by atoms with van der Waals surface area (Å²) < 4.78 is 17.6. The lowest BCUT2D eigenvalue weighted by Crippen LogP contribution is -2.43. The summed E-state index contributed by atoms with van der Waals surface area (Å²) in [6, 6.07) is 8.50. The lowest BCUT2D eigenvalue weighted by atomic mass is 9.99. The summed E-state index contributed by atoms with van der Waals surface area (Å²) in [6.07, 6.45) is 9.24. The van der Waals surface area contributed by atoms with E-state index < -0.39 is 0 Å². The predicted octanol–water partition coefficient (Wildman–Crippen LogP) is 3.01. The van der Waals surface area contributed by atoms with Crippen molar-refractivity contribution in [1.29, 1.82) is 0 Å². The van der Waals surface area contributed by atoms with Crippen LogP contribution < -0.4 is 0 Å². The van der Waals surface area contributed by atoms with Crippen LogP contribution >= 0.6 is 0 Å². The largest absolute Gasteiger partial charge is 0.468 e. The van der Waals surface area contributed by atoms with Crippen molar-refractivity contribution in [2.45, 2.75) is 50.7 Å². The van der Waals surface area contributed by atoms with Gasteiger partial charge in [0.15, 0.2) is 0 Å². The highest BCUT2D eigenvalue weighted by Crippen LogP contribution is 2.32. The number of furan rings is 1. The number of ether oxygens (including phenoxy) is 2. The lowest BCUT2D eigenvalue weighted by Gasteiger charge is -2.35. The van der Waals surface area contributed by atoms with Gasteiger partial charge in [0.25, 0.3) is 0 Å². The highest BCUT2D eigenvalue weighted by Gasteiger charge is 2.39. The highest BCUT2D eigenvalue weighted by molar-refractivity contribution is 5.08. The second-order valence-corrected chi connectivity index (χ2v) is 6.65. The molecule has 2 aromatic rings. The van der Waals surface area contributed by atoms with Gasteiger partial charge in [-0.1, -0.05) is 0 Å². The number of rotatable bonds is 6. The van der Waals surface area contributed by atoms with E-state index in [0.29, 0.717) is 25.4 Å². The Morgan fingerprint density at radius 3 is 2.92 bits per heavy atom. The van der Waals surface area contributed by atoms with Gasteiger partial charge in [0.1, 0.15) is 5.76 Å². The minimum Gasteiger partial charge on any atom is -0.468 e. The van der Waals surface area contributed by atoms with Crippen molar-refractivity contribution in [2.24, 2.45) is 0 Å². The molecule has 24 heavy (non-hydrogen) atoms. The molecule has 0 radical (unpaired) electrons. The summed E-state index contributed by atoms with van der Waals surface area (Å²) in [5, 5.41) is 0. The summed E-state index contributed by atoms with van der Waals surface area (Å²) in [4.78, 5) is 6.52. The Morgan fingerprint density at radius 2 is 2.08 bits per heavy atom. The van der Waals surface area contributed by atoms with Crippen LogP contribution in [-0.2, 0) is 22.6 Å². The van der Waals surface area contributed by atoms with Crippen LogP contribution in [0.3, 0.4) is 0 Å². The van der Waals surface area contributed by atoms with Gasteiger partial charge in [0.05, 0.1) is 38.2 Å². The quantitative estimate of drug-likeness (QED) is 0.816. The molecule has 0 unspecified atom stereocenters. The number of hydrogen-bond donors (Lipinski definition) is 0. The monoisotopic (exact) mass is 328 g/mol. The Bertz CT molecular complexity index is 617. The van der Waals surface area contributed by atoms with Crippen LogP contribution in [0, 0.1) is 0 Å². The van der Waals surface area contributed by atoms with Crippen LogP contribution in [-0.4, -0.2) is 41.3 Å². The third-order valence-corrected chi connectivity index (χ3v) is 5.01. The first-order valence-electron chi connectivity index (χ1n) is 8.77. The molecular formula is C19H24N2O3. The number of fused-ring (bicyclic) bond motifs is 1. The van der Waals surface area contributed by atoms with Crippen LogP contribution in [0.25, 0.3) is 0 Å². The van der Waals surface area contributed by atoms with Crippen molar-refractivity contribution in [3.05, 3.63) is 54.2 Å². The molecule has 2 aliphatic heterocycles. The molecule has 2 aliphatic rings. The Hall–Kier alpha value is -1.69. The van der Waals surface area contributed by atoms with E-state index in [4.69, 9.17) is 13.9 Å². The van der Waals surface area contributed by atoms with E-state index in [0.717, 1.165) is 37.3 Å². The molecule has 0 aromatic carbocycles. The average Bonchev–Trinajstić information content (AvgIpc) is 3.26. The minimum absolute atomic E-state index is 0.219. The Labute approximate surface area is 142 Å². The molecule has 0 N–H and O–H groups in total. The first-order chi connectivity index (χ1) is 11.9. The van der Waals surface area contributed by atoms with Crippen LogP contribution in [0.15, 0.2) is 47.3 Å². The van der Waals surface area contributed by atoms with E-state index in [1.807, 2.05) is 24.3 Å². The zero-order chi connectivity index (χ0) is 16.2. The van der Waals surface area contributed by atoms with Gasteiger partial charge in [-0.05, 0) is 49.1 Å². The van der Waals surface area contributed by atoms with Crippen molar-refractivity contribution < 1.29 is 13.9 Å².